The molecule has 21 heavy (non-hydrogen) atoms. The van der Waals surface area contributed by atoms with Crippen molar-refractivity contribution in [1.82, 2.24) is 10.3 Å². The third-order valence-electron chi connectivity index (χ3n) is 3.24. The zero-order valence-corrected chi connectivity index (χ0v) is 15.7. The van der Waals surface area contributed by atoms with E-state index in [9.17, 15) is 0 Å². The predicted octanol–water partition coefficient (Wildman–Crippen LogP) is 5.29. The van der Waals surface area contributed by atoms with Crippen LogP contribution in [0.2, 0.25) is 0 Å². The molecule has 0 saturated carbocycles. The van der Waals surface area contributed by atoms with Gasteiger partial charge in [0.2, 0.25) is 0 Å². The van der Waals surface area contributed by atoms with Crippen LogP contribution in [0.4, 0.5) is 0 Å². The molecule has 1 aromatic carbocycles. The lowest BCUT2D eigenvalue weighted by Crippen LogP contribution is -2.29. The Morgan fingerprint density at radius 2 is 1.76 bits per heavy atom. The summed E-state index contributed by atoms with van der Waals surface area (Å²) < 4.78 is 1.10. The van der Waals surface area contributed by atoms with E-state index in [2.05, 4.69) is 85.5 Å². The van der Waals surface area contributed by atoms with Crippen LogP contribution in [0.15, 0.2) is 34.1 Å². The van der Waals surface area contributed by atoms with Crippen LogP contribution in [0.5, 0.6) is 0 Å². The number of nitrogens with one attached hydrogen (secondary N) is 1. The molecule has 0 amide bonds. The fraction of sp³-hybridized carbons (Fsp3) is 0.471. The maximum atomic E-state index is 4.88. The molecule has 1 heterocycles. The van der Waals surface area contributed by atoms with Crippen molar-refractivity contribution in [3.05, 3.63) is 50.4 Å². The highest BCUT2D eigenvalue weighted by Gasteiger charge is 2.22. The van der Waals surface area contributed by atoms with E-state index in [1.54, 1.807) is 11.3 Å². The van der Waals surface area contributed by atoms with Crippen molar-refractivity contribution in [3.8, 4) is 0 Å². The van der Waals surface area contributed by atoms with Crippen molar-refractivity contribution in [2.75, 3.05) is 0 Å². The lowest BCUT2D eigenvalue weighted by molar-refractivity contribution is 0.519. The normalized spacial score (nSPS) is 13.7. The quantitative estimate of drug-likeness (QED) is 0.794. The Kier molecular flexibility index (Phi) is 5.23. The largest absolute Gasteiger partial charge is 0.302 e. The number of hydrogen-bond donors (Lipinski definition) is 1. The predicted molar refractivity (Wildman–Crippen MR) is 95.1 cm³/mol. The first-order chi connectivity index (χ1) is 9.77. The minimum atomic E-state index is 0.0941. The molecular weight excluding hydrogens is 344 g/mol. The van der Waals surface area contributed by atoms with Gasteiger partial charge in [0, 0.05) is 21.3 Å². The fourth-order valence-electron chi connectivity index (χ4n) is 2.06. The molecule has 0 aliphatic carbocycles. The number of hydrogen-bond acceptors (Lipinski definition) is 3. The average molecular weight is 367 g/mol. The van der Waals surface area contributed by atoms with E-state index in [-0.39, 0.29) is 11.5 Å². The molecule has 0 aliphatic heterocycles. The van der Waals surface area contributed by atoms with Crippen molar-refractivity contribution in [1.29, 1.82) is 0 Å². The second-order valence-electron chi connectivity index (χ2n) is 6.63. The zero-order valence-electron chi connectivity index (χ0n) is 13.3. The molecule has 0 saturated heterocycles. The summed E-state index contributed by atoms with van der Waals surface area (Å²) in [7, 11) is 0. The lowest BCUT2D eigenvalue weighted by Gasteiger charge is -2.20. The second kappa shape index (κ2) is 6.59. The molecule has 0 aliphatic rings. The monoisotopic (exact) mass is 366 g/mol. The topological polar surface area (TPSA) is 24.9 Å². The van der Waals surface area contributed by atoms with Crippen LogP contribution in [0.1, 0.15) is 56.9 Å². The van der Waals surface area contributed by atoms with Gasteiger partial charge in [-0.1, -0.05) is 48.8 Å². The van der Waals surface area contributed by atoms with E-state index >= 15 is 0 Å². The van der Waals surface area contributed by atoms with Gasteiger partial charge in [-0.15, -0.1) is 11.3 Å². The number of halogens is 1. The van der Waals surface area contributed by atoms with Crippen LogP contribution in [0.3, 0.4) is 0 Å². The summed E-state index contributed by atoms with van der Waals surface area (Å²) >= 11 is 5.24. The van der Waals surface area contributed by atoms with Gasteiger partial charge in [0.15, 0.2) is 0 Å². The molecule has 2 aromatic rings. The van der Waals surface area contributed by atoms with Gasteiger partial charge in [-0.3, -0.25) is 0 Å². The molecule has 4 heteroatoms. The van der Waals surface area contributed by atoms with Crippen molar-refractivity contribution in [3.63, 3.8) is 0 Å². The van der Waals surface area contributed by atoms with Crippen LogP contribution in [0, 0.1) is 0 Å². The molecule has 0 bridgehead atoms. The van der Waals surface area contributed by atoms with Gasteiger partial charge in [0.05, 0.1) is 11.7 Å². The van der Waals surface area contributed by atoms with Crippen LogP contribution in [0.25, 0.3) is 0 Å². The summed E-state index contributed by atoms with van der Waals surface area (Å²) in [4.78, 5) is 4.88. The Bertz CT molecular complexity index is 582. The minimum absolute atomic E-state index is 0.0941. The molecule has 2 nitrogen and oxygen atoms in total. The first-order valence-corrected chi connectivity index (χ1v) is 8.92. The van der Waals surface area contributed by atoms with Gasteiger partial charge in [-0.2, -0.15) is 0 Å². The molecule has 1 atom stereocenters. The highest BCUT2D eigenvalue weighted by molar-refractivity contribution is 9.10. The average Bonchev–Trinajstić information content (AvgIpc) is 2.86. The molecule has 2 rings (SSSR count). The molecule has 114 valence electrons. The van der Waals surface area contributed by atoms with Gasteiger partial charge in [-0.25, -0.2) is 4.98 Å². The highest BCUT2D eigenvalue weighted by atomic mass is 79.9. The van der Waals surface area contributed by atoms with E-state index in [1.807, 2.05) is 0 Å². The number of thiazole rings is 1. The number of aromatic nitrogens is 1. The Morgan fingerprint density at radius 3 is 2.24 bits per heavy atom. The molecule has 1 aromatic heterocycles. The molecule has 0 spiro atoms. The third-order valence-corrected chi connectivity index (χ3v) is 4.68. The van der Waals surface area contributed by atoms with Crippen molar-refractivity contribution in [2.24, 2.45) is 0 Å². The summed E-state index contributed by atoms with van der Waals surface area (Å²) in [6, 6.07) is 9.04. The molecule has 1 N–H and O–H groups in total. The van der Waals surface area contributed by atoms with Crippen LogP contribution in [-0.4, -0.2) is 11.0 Å². The molecule has 0 fully saturated rings. The summed E-state index contributed by atoms with van der Waals surface area (Å²) in [6.45, 7) is 11.0. The van der Waals surface area contributed by atoms with Crippen molar-refractivity contribution >= 4 is 27.3 Å². The maximum absolute atomic E-state index is 4.88. The molecular formula is C17H23BrN2S. The van der Waals surface area contributed by atoms with Gasteiger partial charge >= 0.3 is 0 Å². The number of rotatable bonds is 4. The smallest absolute Gasteiger partial charge is 0.114 e. The third kappa shape index (κ3) is 4.38. The van der Waals surface area contributed by atoms with Crippen LogP contribution < -0.4 is 5.32 Å². The highest BCUT2D eigenvalue weighted by Crippen LogP contribution is 2.30. The van der Waals surface area contributed by atoms with Crippen molar-refractivity contribution < 1.29 is 0 Å². The SMILES string of the molecule is CC(C)NC(c1ccc(Br)cc1)c1nc(C(C)(C)C)cs1. The van der Waals surface area contributed by atoms with E-state index in [0.717, 1.165) is 15.2 Å². The minimum Gasteiger partial charge on any atom is -0.302 e. The van der Waals surface area contributed by atoms with Crippen LogP contribution in [-0.2, 0) is 5.41 Å². The van der Waals surface area contributed by atoms with Gasteiger partial charge in [-0.05, 0) is 31.5 Å². The van der Waals surface area contributed by atoms with E-state index in [4.69, 9.17) is 4.98 Å². The summed E-state index contributed by atoms with van der Waals surface area (Å²) in [5, 5.41) is 6.95. The van der Waals surface area contributed by atoms with E-state index in [0.29, 0.717) is 6.04 Å². The Morgan fingerprint density at radius 1 is 1.14 bits per heavy atom. The second-order valence-corrected chi connectivity index (χ2v) is 8.43. The number of benzene rings is 1. The Labute approximate surface area is 140 Å². The number of nitrogens with zero attached hydrogens (tertiary/aromatic N) is 1. The summed E-state index contributed by atoms with van der Waals surface area (Å²) in [5.41, 5.74) is 2.51. The van der Waals surface area contributed by atoms with Crippen LogP contribution >= 0.6 is 27.3 Å². The van der Waals surface area contributed by atoms with E-state index < -0.39 is 0 Å². The Hall–Kier alpha value is -0.710. The van der Waals surface area contributed by atoms with Gasteiger partial charge in [0.25, 0.3) is 0 Å². The standard InChI is InChI=1S/C17H23BrN2S/c1-11(2)19-15(12-6-8-13(18)9-7-12)16-20-14(10-21-16)17(3,4)5/h6-11,15,19H,1-5H3. The summed E-state index contributed by atoms with van der Waals surface area (Å²) in [6.07, 6.45) is 0. The first kappa shape index (κ1) is 16.7. The Balaban J connectivity index is 2.36. The van der Waals surface area contributed by atoms with Crippen molar-refractivity contribution in [2.45, 2.75) is 52.1 Å². The lowest BCUT2D eigenvalue weighted by atomic mass is 9.93. The molecule has 0 radical (unpaired) electrons. The molecule has 1 unspecified atom stereocenters. The first-order valence-electron chi connectivity index (χ1n) is 7.25. The van der Waals surface area contributed by atoms with Gasteiger partial charge < -0.3 is 5.32 Å². The maximum Gasteiger partial charge on any atom is 0.114 e. The zero-order chi connectivity index (χ0) is 15.6. The summed E-state index contributed by atoms with van der Waals surface area (Å²) in [5.74, 6) is 0. The van der Waals surface area contributed by atoms with Gasteiger partial charge in [0.1, 0.15) is 5.01 Å². The van der Waals surface area contributed by atoms with E-state index in [1.165, 1.54) is 5.56 Å². The fourth-order valence-corrected chi connectivity index (χ4v) is 3.46.